The summed E-state index contributed by atoms with van der Waals surface area (Å²) in [5.41, 5.74) is 0. The Kier molecular flexibility index (Phi) is 4.74. The summed E-state index contributed by atoms with van der Waals surface area (Å²) < 4.78 is 0. The number of hydrogen-bond acceptors (Lipinski definition) is 3. The number of amides is 1. The van der Waals surface area contributed by atoms with Crippen LogP contribution in [0.5, 0.6) is 5.75 Å². The van der Waals surface area contributed by atoms with Crippen molar-refractivity contribution in [1.29, 1.82) is 0 Å². The molecule has 0 aromatic heterocycles. The summed E-state index contributed by atoms with van der Waals surface area (Å²) in [5, 5.41) is 11.5. The average Bonchev–Trinajstić information content (AvgIpc) is 2.29. The normalized spacial score (nSPS) is 11.5. The zero-order valence-corrected chi connectivity index (χ0v) is 9.75. The zero-order chi connectivity index (χ0) is 12.0. The number of carbonyl (C=O) groups excluding carboxylic acids is 1. The van der Waals surface area contributed by atoms with Crippen molar-refractivity contribution in [2.24, 2.45) is 0 Å². The molecule has 0 bridgehead atoms. The molecule has 0 radical (unpaired) electrons. The van der Waals surface area contributed by atoms with E-state index in [9.17, 15) is 4.79 Å². The predicted octanol–water partition coefficient (Wildman–Crippen LogP) is 1.62. The Morgan fingerprint density at radius 2 is 2.19 bits per heavy atom. The van der Waals surface area contributed by atoms with Gasteiger partial charge in [-0.3, -0.25) is 4.79 Å². The lowest BCUT2D eigenvalue weighted by Crippen LogP contribution is -2.30. The van der Waals surface area contributed by atoms with Crippen LogP contribution in [0.15, 0.2) is 29.2 Å². The van der Waals surface area contributed by atoms with Crippen LogP contribution in [0.3, 0.4) is 0 Å². The summed E-state index contributed by atoms with van der Waals surface area (Å²) in [6.45, 7) is 2.06. The summed E-state index contributed by atoms with van der Waals surface area (Å²) >= 11 is 1.42. The SMILES string of the molecule is C#CCNC(=O)C(C)Sc1ccc(O)cc1. The van der Waals surface area contributed by atoms with Crippen molar-refractivity contribution in [2.75, 3.05) is 6.54 Å². The van der Waals surface area contributed by atoms with E-state index in [0.717, 1.165) is 4.90 Å². The predicted molar refractivity (Wildman–Crippen MR) is 65.3 cm³/mol. The number of phenolic OH excluding ortho intramolecular Hbond substituents is 1. The first-order valence-corrected chi connectivity index (χ1v) is 5.68. The molecule has 2 N–H and O–H groups in total. The summed E-state index contributed by atoms with van der Waals surface area (Å²) in [4.78, 5) is 12.4. The third kappa shape index (κ3) is 3.87. The van der Waals surface area contributed by atoms with Gasteiger partial charge in [0, 0.05) is 4.90 Å². The second-order valence-corrected chi connectivity index (χ2v) is 4.59. The van der Waals surface area contributed by atoms with Crippen LogP contribution in [0, 0.1) is 12.3 Å². The van der Waals surface area contributed by atoms with Crippen LogP contribution in [0.4, 0.5) is 0 Å². The molecule has 0 fully saturated rings. The van der Waals surface area contributed by atoms with Crippen molar-refractivity contribution in [3.8, 4) is 18.1 Å². The van der Waals surface area contributed by atoms with E-state index in [1.807, 2.05) is 6.92 Å². The highest BCUT2D eigenvalue weighted by molar-refractivity contribution is 8.00. The van der Waals surface area contributed by atoms with Crippen LogP contribution in [0.25, 0.3) is 0 Å². The Bertz CT molecular complexity index is 394. The van der Waals surface area contributed by atoms with Crippen LogP contribution in [-0.2, 0) is 4.79 Å². The molecule has 16 heavy (non-hydrogen) atoms. The minimum atomic E-state index is -0.210. The molecule has 0 saturated heterocycles. The van der Waals surface area contributed by atoms with E-state index in [-0.39, 0.29) is 23.5 Å². The first-order chi connectivity index (χ1) is 7.63. The van der Waals surface area contributed by atoms with E-state index in [1.165, 1.54) is 11.8 Å². The van der Waals surface area contributed by atoms with E-state index >= 15 is 0 Å². The molecule has 0 spiro atoms. The molecule has 1 unspecified atom stereocenters. The van der Waals surface area contributed by atoms with Gasteiger partial charge in [-0.05, 0) is 31.2 Å². The second-order valence-electron chi connectivity index (χ2n) is 3.18. The number of benzene rings is 1. The monoisotopic (exact) mass is 235 g/mol. The van der Waals surface area contributed by atoms with Crippen molar-refractivity contribution in [1.82, 2.24) is 5.32 Å². The van der Waals surface area contributed by atoms with Crippen LogP contribution in [-0.4, -0.2) is 22.8 Å². The molecule has 1 aromatic carbocycles. The maximum Gasteiger partial charge on any atom is 0.233 e. The van der Waals surface area contributed by atoms with Gasteiger partial charge in [-0.15, -0.1) is 18.2 Å². The first kappa shape index (κ1) is 12.5. The van der Waals surface area contributed by atoms with Crippen molar-refractivity contribution in [3.05, 3.63) is 24.3 Å². The van der Waals surface area contributed by atoms with E-state index in [4.69, 9.17) is 11.5 Å². The Morgan fingerprint density at radius 1 is 1.56 bits per heavy atom. The molecule has 1 aromatic rings. The Hall–Kier alpha value is -1.60. The molecular formula is C12H13NO2S. The standard InChI is InChI=1S/C12H13NO2S/c1-3-8-13-12(15)9(2)16-11-6-4-10(14)5-7-11/h1,4-7,9,14H,8H2,2H3,(H,13,15). The maximum absolute atomic E-state index is 11.5. The molecule has 0 saturated carbocycles. The molecule has 0 aliphatic heterocycles. The fourth-order valence-corrected chi connectivity index (χ4v) is 1.96. The van der Waals surface area contributed by atoms with Crippen LogP contribution in [0.2, 0.25) is 0 Å². The molecule has 4 heteroatoms. The molecule has 1 rings (SSSR count). The van der Waals surface area contributed by atoms with Gasteiger partial charge in [-0.25, -0.2) is 0 Å². The molecule has 0 heterocycles. The molecule has 0 aliphatic rings. The largest absolute Gasteiger partial charge is 0.508 e. The fraction of sp³-hybridized carbons (Fsp3) is 0.250. The Labute approximate surface area is 99.2 Å². The van der Waals surface area contributed by atoms with Crippen molar-refractivity contribution in [2.45, 2.75) is 17.1 Å². The summed E-state index contributed by atoms with van der Waals surface area (Å²) in [7, 11) is 0. The van der Waals surface area contributed by atoms with Gasteiger partial charge in [0.25, 0.3) is 0 Å². The number of phenols is 1. The van der Waals surface area contributed by atoms with Gasteiger partial charge in [0.1, 0.15) is 5.75 Å². The van der Waals surface area contributed by atoms with E-state index in [1.54, 1.807) is 24.3 Å². The van der Waals surface area contributed by atoms with Gasteiger partial charge in [-0.2, -0.15) is 0 Å². The molecule has 1 amide bonds. The quantitative estimate of drug-likeness (QED) is 0.616. The third-order valence-corrected chi connectivity index (χ3v) is 3.00. The lowest BCUT2D eigenvalue weighted by Gasteiger charge is -2.10. The summed E-state index contributed by atoms with van der Waals surface area (Å²) in [6, 6.07) is 6.72. The molecular weight excluding hydrogens is 222 g/mol. The fourth-order valence-electron chi connectivity index (χ4n) is 1.06. The number of nitrogens with one attached hydrogen (secondary N) is 1. The number of terminal acetylenes is 1. The Morgan fingerprint density at radius 3 is 2.75 bits per heavy atom. The van der Waals surface area contributed by atoms with Gasteiger partial charge >= 0.3 is 0 Å². The van der Waals surface area contributed by atoms with Gasteiger partial charge in [0.2, 0.25) is 5.91 Å². The summed E-state index contributed by atoms with van der Waals surface area (Å²) in [6.07, 6.45) is 5.05. The number of aromatic hydroxyl groups is 1. The number of hydrogen-bond donors (Lipinski definition) is 2. The number of rotatable bonds is 4. The zero-order valence-electron chi connectivity index (χ0n) is 8.93. The van der Waals surface area contributed by atoms with Crippen LogP contribution < -0.4 is 5.32 Å². The molecule has 84 valence electrons. The Balaban J connectivity index is 2.51. The molecule has 0 aliphatic carbocycles. The van der Waals surface area contributed by atoms with Crippen molar-refractivity contribution < 1.29 is 9.90 Å². The number of thioether (sulfide) groups is 1. The van der Waals surface area contributed by atoms with E-state index in [2.05, 4.69) is 11.2 Å². The highest BCUT2D eigenvalue weighted by Crippen LogP contribution is 2.24. The third-order valence-electron chi connectivity index (χ3n) is 1.88. The smallest absolute Gasteiger partial charge is 0.233 e. The van der Waals surface area contributed by atoms with Crippen molar-refractivity contribution >= 4 is 17.7 Å². The topological polar surface area (TPSA) is 49.3 Å². The second kappa shape index (κ2) is 6.09. The highest BCUT2D eigenvalue weighted by atomic mass is 32.2. The van der Waals surface area contributed by atoms with E-state index < -0.39 is 0 Å². The molecule has 1 atom stereocenters. The minimum absolute atomic E-state index is 0.0870. The highest BCUT2D eigenvalue weighted by Gasteiger charge is 2.13. The van der Waals surface area contributed by atoms with Gasteiger partial charge in [0.05, 0.1) is 11.8 Å². The van der Waals surface area contributed by atoms with Gasteiger partial charge in [0.15, 0.2) is 0 Å². The first-order valence-electron chi connectivity index (χ1n) is 4.80. The van der Waals surface area contributed by atoms with E-state index in [0.29, 0.717) is 0 Å². The van der Waals surface area contributed by atoms with Crippen LogP contribution >= 0.6 is 11.8 Å². The lowest BCUT2D eigenvalue weighted by molar-refractivity contribution is -0.120. The van der Waals surface area contributed by atoms with Crippen molar-refractivity contribution in [3.63, 3.8) is 0 Å². The average molecular weight is 235 g/mol. The molecule has 3 nitrogen and oxygen atoms in total. The van der Waals surface area contributed by atoms with Gasteiger partial charge < -0.3 is 10.4 Å². The lowest BCUT2D eigenvalue weighted by atomic mass is 10.3. The maximum atomic E-state index is 11.5. The minimum Gasteiger partial charge on any atom is -0.508 e. The van der Waals surface area contributed by atoms with Gasteiger partial charge in [-0.1, -0.05) is 5.92 Å². The number of carbonyl (C=O) groups is 1. The van der Waals surface area contributed by atoms with Crippen LogP contribution in [0.1, 0.15) is 6.92 Å². The summed E-state index contributed by atoms with van der Waals surface area (Å²) in [5.74, 6) is 2.48.